The van der Waals surface area contributed by atoms with Crippen LogP contribution in [0.3, 0.4) is 0 Å². The Morgan fingerprint density at radius 2 is 1.86 bits per heavy atom. The summed E-state index contributed by atoms with van der Waals surface area (Å²) in [6.45, 7) is 0. The number of nitrogens with one attached hydrogen (secondary N) is 2. The number of aromatic nitrogens is 2. The molecule has 3 rings (SSSR count). The first-order valence-electron chi connectivity index (χ1n) is 6.11. The normalized spacial score (nSPS) is 10.6. The number of nitrogens with zero attached hydrogens (tertiary/aromatic N) is 2. The van der Waals surface area contributed by atoms with Crippen LogP contribution in [-0.2, 0) is 0 Å². The fourth-order valence-corrected chi connectivity index (χ4v) is 2.33. The molecule has 5 nitrogen and oxygen atoms in total. The Kier molecular flexibility index (Phi) is 3.68. The number of nitrogens with two attached hydrogens (primary N) is 1. The number of hydrazine groups is 1. The van der Waals surface area contributed by atoms with Gasteiger partial charge in [0.05, 0.1) is 6.20 Å². The number of halogens is 2. The standard InChI is InChI=1S/C14H11BrFN5/c15-10-3-1-9-6-11(4-2-8(9)5-10)19-13-12(16)7-18-14(20-13)21-17/h1-7H,17H2,(H2,18,19,20,21). The molecule has 7 heteroatoms. The van der Waals surface area contributed by atoms with Crippen LogP contribution in [0.15, 0.2) is 47.1 Å². The summed E-state index contributed by atoms with van der Waals surface area (Å²) in [5, 5.41) is 5.04. The summed E-state index contributed by atoms with van der Waals surface area (Å²) in [4.78, 5) is 7.63. The van der Waals surface area contributed by atoms with Gasteiger partial charge in [-0.3, -0.25) is 5.43 Å². The molecule has 0 aliphatic carbocycles. The van der Waals surface area contributed by atoms with Gasteiger partial charge in [0.25, 0.3) is 0 Å². The van der Waals surface area contributed by atoms with Crippen LogP contribution in [0.4, 0.5) is 21.8 Å². The van der Waals surface area contributed by atoms with E-state index in [2.05, 4.69) is 36.6 Å². The highest BCUT2D eigenvalue weighted by Crippen LogP contribution is 2.25. The molecule has 1 heterocycles. The Morgan fingerprint density at radius 3 is 2.67 bits per heavy atom. The average Bonchev–Trinajstić information content (AvgIpc) is 2.49. The van der Waals surface area contributed by atoms with Gasteiger partial charge in [-0.15, -0.1) is 0 Å². The second kappa shape index (κ2) is 5.63. The zero-order chi connectivity index (χ0) is 14.8. The molecule has 1 aromatic heterocycles. The van der Waals surface area contributed by atoms with Crippen LogP contribution in [0.25, 0.3) is 10.8 Å². The van der Waals surface area contributed by atoms with Gasteiger partial charge in [-0.1, -0.05) is 28.1 Å². The third kappa shape index (κ3) is 2.93. The van der Waals surface area contributed by atoms with E-state index in [1.807, 2.05) is 36.4 Å². The monoisotopic (exact) mass is 347 g/mol. The van der Waals surface area contributed by atoms with E-state index in [9.17, 15) is 4.39 Å². The molecule has 0 aliphatic heterocycles. The van der Waals surface area contributed by atoms with Crippen molar-refractivity contribution in [3.63, 3.8) is 0 Å². The molecule has 0 fully saturated rings. The van der Waals surface area contributed by atoms with E-state index in [1.165, 1.54) is 0 Å². The molecule has 0 atom stereocenters. The van der Waals surface area contributed by atoms with Crippen molar-refractivity contribution in [1.82, 2.24) is 9.97 Å². The summed E-state index contributed by atoms with van der Waals surface area (Å²) in [7, 11) is 0. The zero-order valence-electron chi connectivity index (χ0n) is 10.8. The Hall–Kier alpha value is -2.25. The number of hydrogen-bond acceptors (Lipinski definition) is 5. The molecule has 0 saturated carbocycles. The third-order valence-corrected chi connectivity index (χ3v) is 3.43. The van der Waals surface area contributed by atoms with E-state index in [1.54, 1.807) is 0 Å². The summed E-state index contributed by atoms with van der Waals surface area (Å²) < 4.78 is 14.7. The highest BCUT2D eigenvalue weighted by Gasteiger charge is 2.07. The van der Waals surface area contributed by atoms with Crippen molar-refractivity contribution in [2.45, 2.75) is 0 Å². The van der Waals surface area contributed by atoms with Crippen molar-refractivity contribution in [3.8, 4) is 0 Å². The third-order valence-electron chi connectivity index (χ3n) is 2.94. The Morgan fingerprint density at radius 1 is 1.10 bits per heavy atom. The number of rotatable bonds is 3. The molecule has 2 aromatic carbocycles. The van der Waals surface area contributed by atoms with Gasteiger partial charge in [0.1, 0.15) is 0 Å². The van der Waals surface area contributed by atoms with Crippen molar-refractivity contribution < 1.29 is 4.39 Å². The lowest BCUT2D eigenvalue weighted by molar-refractivity contribution is 0.619. The predicted octanol–water partition coefficient (Wildman–Crippen LogP) is 3.56. The minimum Gasteiger partial charge on any atom is -0.338 e. The van der Waals surface area contributed by atoms with Crippen molar-refractivity contribution in [2.24, 2.45) is 5.84 Å². The van der Waals surface area contributed by atoms with Crippen molar-refractivity contribution in [1.29, 1.82) is 0 Å². The summed E-state index contributed by atoms with van der Waals surface area (Å²) >= 11 is 3.43. The Balaban J connectivity index is 1.96. The SMILES string of the molecule is NNc1ncc(F)c(Nc2ccc3cc(Br)ccc3c2)n1. The van der Waals surface area contributed by atoms with Crippen molar-refractivity contribution >= 4 is 44.2 Å². The van der Waals surface area contributed by atoms with E-state index >= 15 is 0 Å². The fraction of sp³-hybridized carbons (Fsp3) is 0. The molecule has 0 amide bonds. The number of hydrogen-bond donors (Lipinski definition) is 3. The van der Waals surface area contributed by atoms with Crippen LogP contribution in [0, 0.1) is 5.82 Å². The van der Waals surface area contributed by atoms with E-state index in [4.69, 9.17) is 5.84 Å². The highest BCUT2D eigenvalue weighted by molar-refractivity contribution is 9.10. The number of anilines is 3. The molecule has 0 aliphatic rings. The van der Waals surface area contributed by atoms with Crippen molar-refractivity contribution in [3.05, 3.63) is 52.9 Å². The largest absolute Gasteiger partial charge is 0.338 e. The van der Waals surface area contributed by atoms with E-state index in [0.29, 0.717) is 0 Å². The number of nitrogen functional groups attached to an aromatic ring is 1. The van der Waals surface area contributed by atoms with E-state index in [-0.39, 0.29) is 11.8 Å². The van der Waals surface area contributed by atoms with Crippen LogP contribution < -0.4 is 16.6 Å². The lowest BCUT2D eigenvalue weighted by atomic mass is 10.1. The van der Waals surface area contributed by atoms with Gasteiger partial charge in [0.2, 0.25) is 5.95 Å². The first-order chi connectivity index (χ1) is 10.2. The lowest BCUT2D eigenvalue weighted by Crippen LogP contribution is -2.11. The van der Waals surface area contributed by atoms with Crippen LogP contribution >= 0.6 is 15.9 Å². The molecule has 0 bridgehead atoms. The molecule has 0 saturated heterocycles. The Bertz CT molecular complexity index is 808. The van der Waals surface area contributed by atoms with Gasteiger partial charge < -0.3 is 5.32 Å². The van der Waals surface area contributed by atoms with Gasteiger partial charge in [0, 0.05) is 10.2 Å². The Labute approximate surface area is 128 Å². The molecular formula is C14H11BrFN5. The van der Waals surface area contributed by atoms with Crippen LogP contribution in [0.1, 0.15) is 0 Å². The maximum atomic E-state index is 13.7. The maximum Gasteiger partial charge on any atom is 0.239 e. The molecule has 3 aromatic rings. The smallest absolute Gasteiger partial charge is 0.239 e. The van der Waals surface area contributed by atoms with E-state index < -0.39 is 5.82 Å². The molecule has 0 radical (unpaired) electrons. The summed E-state index contributed by atoms with van der Waals surface area (Å²) in [5.74, 6) is 4.88. The quantitative estimate of drug-likeness (QED) is 0.498. The molecule has 4 N–H and O–H groups in total. The van der Waals surface area contributed by atoms with Crippen LogP contribution in [0.2, 0.25) is 0 Å². The second-order valence-corrected chi connectivity index (χ2v) is 5.28. The predicted molar refractivity (Wildman–Crippen MR) is 84.7 cm³/mol. The van der Waals surface area contributed by atoms with Gasteiger partial charge >= 0.3 is 0 Å². The van der Waals surface area contributed by atoms with Gasteiger partial charge in [0.15, 0.2) is 11.6 Å². The summed E-state index contributed by atoms with van der Waals surface area (Å²) in [5.41, 5.74) is 3.01. The topological polar surface area (TPSA) is 75.9 Å². The molecule has 106 valence electrons. The maximum absolute atomic E-state index is 13.7. The zero-order valence-corrected chi connectivity index (χ0v) is 12.4. The van der Waals surface area contributed by atoms with Gasteiger partial charge in [-0.2, -0.15) is 4.98 Å². The van der Waals surface area contributed by atoms with Crippen LogP contribution in [0.5, 0.6) is 0 Å². The average molecular weight is 348 g/mol. The first-order valence-corrected chi connectivity index (χ1v) is 6.90. The van der Waals surface area contributed by atoms with Crippen LogP contribution in [-0.4, -0.2) is 9.97 Å². The first kappa shape index (κ1) is 13.7. The molecular weight excluding hydrogens is 337 g/mol. The number of benzene rings is 2. The highest BCUT2D eigenvalue weighted by atomic mass is 79.9. The summed E-state index contributed by atoms with van der Waals surface area (Å²) in [6.07, 6.45) is 1.06. The van der Waals surface area contributed by atoms with Gasteiger partial charge in [-0.25, -0.2) is 15.2 Å². The minimum atomic E-state index is -0.551. The van der Waals surface area contributed by atoms with Crippen molar-refractivity contribution in [2.75, 3.05) is 10.7 Å². The molecule has 0 unspecified atom stereocenters. The summed E-state index contributed by atoms with van der Waals surface area (Å²) in [6, 6.07) is 11.7. The molecule has 21 heavy (non-hydrogen) atoms. The minimum absolute atomic E-state index is 0.0643. The van der Waals surface area contributed by atoms with Gasteiger partial charge in [-0.05, 0) is 35.0 Å². The fourth-order valence-electron chi connectivity index (χ4n) is 1.96. The second-order valence-electron chi connectivity index (χ2n) is 4.37. The molecule has 0 spiro atoms. The lowest BCUT2D eigenvalue weighted by Gasteiger charge is -2.09. The van der Waals surface area contributed by atoms with E-state index in [0.717, 1.165) is 27.1 Å². The number of fused-ring (bicyclic) bond motifs is 1.